The molecule has 0 spiro atoms. The van der Waals surface area contributed by atoms with Gasteiger partial charge in [0, 0.05) is 18.5 Å². The van der Waals surface area contributed by atoms with Gasteiger partial charge in [0.2, 0.25) is 0 Å². The zero-order chi connectivity index (χ0) is 12.3. The molecule has 0 aliphatic carbocycles. The van der Waals surface area contributed by atoms with Gasteiger partial charge in [-0.05, 0) is 36.6 Å². The van der Waals surface area contributed by atoms with E-state index in [1.807, 2.05) is 30.3 Å². The maximum atomic E-state index is 6.11. The first-order valence-electron chi connectivity index (χ1n) is 5.62. The van der Waals surface area contributed by atoms with E-state index in [2.05, 4.69) is 18.9 Å². The Balaban J connectivity index is 2.13. The summed E-state index contributed by atoms with van der Waals surface area (Å²) in [6, 6.07) is 7.54. The van der Waals surface area contributed by atoms with Crippen LogP contribution in [0.3, 0.4) is 0 Å². The number of hydrogen-bond acceptors (Lipinski definition) is 3. The van der Waals surface area contributed by atoms with Crippen molar-refractivity contribution in [2.75, 3.05) is 5.73 Å². The molecule has 2 nitrogen and oxygen atoms in total. The van der Waals surface area contributed by atoms with Crippen LogP contribution in [0.2, 0.25) is 0 Å². The lowest BCUT2D eigenvalue weighted by atomic mass is 10.1. The standard InChI is InChI=1S/C14H17NOS/c1-3-8-14(9-11(2)10-17-14)16-13-6-4-12(15)5-7-13/h3-7,10H,1,8-9,15H2,2H3. The molecule has 1 heterocycles. The summed E-state index contributed by atoms with van der Waals surface area (Å²) in [5.74, 6) is 0.858. The Morgan fingerprint density at radius 1 is 1.47 bits per heavy atom. The summed E-state index contributed by atoms with van der Waals surface area (Å²) in [6.07, 6.45) is 3.68. The van der Waals surface area contributed by atoms with Gasteiger partial charge in [-0.25, -0.2) is 0 Å². The Kier molecular flexibility index (Phi) is 3.48. The van der Waals surface area contributed by atoms with Crippen molar-refractivity contribution in [2.45, 2.75) is 24.7 Å². The normalized spacial score (nSPS) is 23.2. The second-order valence-corrected chi connectivity index (χ2v) is 5.55. The smallest absolute Gasteiger partial charge is 0.165 e. The van der Waals surface area contributed by atoms with Gasteiger partial charge >= 0.3 is 0 Å². The SMILES string of the molecule is C=CCC1(Oc2ccc(N)cc2)CC(C)=CS1. The molecular weight excluding hydrogens is 230 g/mol. The molecule has 1 aliphatic rings. The maximum absolute atomic E-state index is 6.11. The third-order valence-corrected chi connectivity index (χ3v) is 4.01. The molecule has 0 amide bonds. The number of nitrogen functional groups attached to an aromatic ring is 1. The Morgan fingerprint density at radius 3 is 2.71 bits per heavy atom. The highest BCUT2D eigenvalue weighted by Crippen LogP contribution is 2.44. The van der Waals surface area contributed by atoms with E-state index in [0.717, 1.165) is 24.3 Å². The molecule has 1 atom stereocenters. The molecule has 2 N–H and O–H groups in total. The molecule has 0 radical (unpaired) electrons. The predicted octanol–water partition coefficient (Wildman–Crippen LogP) is 3.96. The van der Waals surface area contributed by atoms with E-state index in [4.69, 9.17) is 10.5 Å². The third kappa shape index (κ3) is 2.86. The van der Waals surface area contributed by atoms with E-state index in [1.165, 1.54) is 5.57 Å². The van der Waals surface area contributed by atoms with Gasteiger partial charge in [0.25, 0.3) is 0 Å². The van der Waals surface area contributed by atoms with Crippen molar-refractivity contribution in [1.82, 2.24) is 0 Å². The summed E-state index contributed by atoms with van der Waals surface area (Å²) in [7, 11) is 0. The van der Waals surface area contributed by atoms with E-state index < -0.39 is 0 Å². The molecule has 17 heavy (non-hydrogen) atoms. The minimum absolute atomic E-state index is 0.220. The van der Waals surface area contributed by atoms with Crippen LogP contribution in [-0.4, -0.2) is 4.93 Å². The van der Waals surface area contributed by atoms with Gasteiger partial charge in [-0.1, -0.05) is 23.4 Å². The fourth-order valence-corrected chi connectivity index (χ4v) is 3.08. The quantitative estimate of drug-likeness (QED) is 0.646. The summed E-state index contributed by atoms with van der Waals surface area (Å²) in [6.45, 7) is 5.94. The van der Waals surface area contributed by atoms with Crippen LogP contribution in [0, 0.1) is 0 Å². The van der Waals surface area contributed by atoms with E-state index >= 15 is 0 Å². The van der Waals surface area contributed by atoms with Crippen LogP contribution in [0.15, 0.2) is 47.9 Å². The largest absolute Gasteiger partial charge is 0.476 e. The minimum Gasteiger partial charge on any atom is -0.476 e. The van der Waals surface area contributed by atoms with Crippen molar-refractivity contribution in [3.63, 3.8) is 0 Å². The molecule has 1 aromatic carbocycles. The Morgan fingerprint density at radius 2 is 2.18 bits per heavy atom. The van der Waals surface area contributed by atoms with E-state index in [9.17, 15) is 0 Å². The highest BCUT2D eigenvalue weighted by atomic mass is 32.2. The number of benzene rings is 1. The number of anilines is 1. The van der Waals surface area contributed by atoms with Gasteiger partial charge in [0.15, 0.2) is 4.93 Å². The fraction of sp³-hybridized carbons (Fsp3) is 0.286. The van der Waals surface area contributed by atoms with Gasteiger partial charge in [0.05, 0.1) is 0 Å². The van der Waals surface area contributed by atoms with Gasteiger partial charge in [-0.3, -0.25) is 0 Å². The summed E-state index contributed by atoms with van der Waals surface area (Å²) in [5, 5.41) is 2.17. The van der Waals surface area contributed by atoms with Crippen LogP contribution in [0.25, 0.3) is 0 Å². The minimum atomic E-state index is -0.220. The first-order chi connectivity index (χ1) is 8.13. The van der Waals surface area contributed by atoms with Crippen LogP contribution in [0.1, 0.15) is 19.8 Å². The Bertz CT molecular complexity index is 438. The number of nitrogens with two attached hydrogens (primary N) is 1. The molecule has 2 rings (SSSR count). The van der Waals surface area contributed by atoms with Crippen molar-refractivity contribution in [1.29, 1.82) is 0 Å². The van der Waals surface area contributed by atoms with E-state index in [0.29, 0.717) is 0 Å². The average molecular weight is 247 g/mol. The van der Waals surface area contributed by atoms with Gasteiger partial charge in [-0.15, -0.1) is 6.58 Å². The molecule has 0 bridgehead atoms. The average Bonchev–Trinajstić information content (AvgIpc) is 2.64. The van der Waals surface area contributed by atoms with Crippen LogP contribution < -0.4 is 10.5 Å². The van der Waals surface area contributed by atoms with Crippen molar-refractivity contribution in [2.24, 2.45) is 0 Å². The topological polar surface area (TPSA) is 35.2 Å². The molecule has 0 saturated heterocycles. The molecular formula is C14H17NOS. The lowest BCUT2D eigenvalue weighted by Gasteiger charge is -2.28. The number of hydrogen-bond donors (Lipinski definition) is 1. The Hall–Kier alpha value is -1.35. The van der Waals surface area contributed by atoms with Crippen LogP contribution in [-0.2, 0) is 0 Å². The summed E-state index contributed by atoms with van der Waals surface area (Å²) in [5.41, 5.74) is 7.77. The lowest BCUT2D eigenvalue weighted by molar-refractivity contribution is 0.172. The summed E-state index contributed by atoms with van der Waals surface area (Å²) < 4.78 is 6.11. The highest BCUT2D eigenvalue weighted by molar-refractivity contribution is 8.03. The molecule has 0 saturated carbocycles. The number of rotatable bonds is 4. The van der Waals surface area contributed by atoms with Gasteiger partial charge in [0.1, 0.15) is 5.75 Å². The van der Waals surface area contributed by atoms with Crippen LogP contribution in [0.5, 0.6) is 5.75 Å². The van der Waals surface area contributed by atoms with Gasteiger partial charge < -0.3 is 10.5 Å². The molecule has 0 fully saturated rings. The third-order valence-electron chi connectivity index (χ3n) is 2.66. The van der Waals surface area contributed by atoms with Crippen molar-refractivity contribution >= 4 is 17.4 Å². The monoisotopic (exact) mass is 247 g/mol. The second kappa shape index (κ2) is 4.88. The van der Waals surface area contributed by atoms with Crippen LogP contribution in [0.4, 0.5) is 5.69 Å². The fourth-order valence-electron chi connectivity index (χ4n) is 1.91. The van der Waals surface area contributed by atoms with Crippen LogP contribution >= 0.6 is 11.8 Å². The molecule has 90 valence electrons. The highest BCUT2D eigenvalue weighted by Gasteiger charge is 2.35. The molecule has 1 aliphatic heterocycles. The lowest BCUT2D eigenvalue weighted by Crippen LogP contribution is -2.29. The summed E-state index contributed by atoms with van der Waals surface area (Å²) >= 11 is 1.73. The zero-order valence-electron chi connectivity index (χ0n) is 9.98. The summed E-state index contributed by atoms with van der Waals surface area (Å²) in [4.78, 5) is -0.220. The van der Waals surface area contributed by atoms with E-state index in [-0.39, 0.29) is 4.93 Å². The second-order valence-electron chi connectivity index (χ2n) is 4.33. The predicted molar refractivity (Wildman–Crippen MR) is 75.0 cm³/mol. The number of thioether (sulfide) groups is 1. The first kappa shape index (κ1) is 12.1. The van der Waals surface area contributed by atoms with E-state index in [1.54, 1.807) is 11.8 Å². The molecule has 1 aromatic rings. The molecule has 3 heteroatoms. The molecule has 1 unspecified atom stereocenters. The number of ether oxygens (including phenoxy) is 1. The van der Waals surface area contributed by atoms with Crippen molar-refractivity contribution in [3.8, 4) is 5.75 Å². The first-order valence-corrected chi connectivity index (χ1v) is 6.50. The maximum Gasteiger partial charge on any atom is 0.165 e. The van der Waals surface area contributed by atoms with Gasteiger partial charge in [-0.2, -0.15) is 0 Å². The zero-order valence-corrected chi connectivity index (χ0v) is 10.8. The molecule has 0 aromatic heterocycles. The van der Waals surface area contributed by atoms with Crippen molar-refractivity contribution < 1.29 is 4.74 Å². The van der Waals surface area contributed by atoms with Crippen molar-refractivity contribution in [3.05, 3.63) is 47.9 Å². The Labute approximate surface area is 107 Å².